The van der Waals surface area contributed by atoms with Crippen LogP contribution in [-0.2, 0) is 58.9 Å². The quantitative estimate of drug-likeness (QED) is 0.0148. The molecule has 0 aliphatic rings. The molecule has 0 aliphatic heterocycles. The minimum atomic E-state index is -1.16. The molecule has 0 saturated carbocycles. The summed E-state index contributed by atoms with van der Waals surface area (Å²) < 4.78 is 20.6. The van der Waals surface area contributed by atoms with Crippen LogP contribution < -0.4 is 77.8 Å². The number of nitrogens with one attached hydrogen (secondary N) is 4. The molecule has 1 aromatic rings. The van der Waals surface area contributed by atoms with E-state index in [1.54, 1.807) is 24.7 Å². The number of phenols is 1. The van der Waals surface area contributed by atoms with Crippen molar-refractivity contribution in [1.29, 1.82) is 0 Å². The van der Waals surface area contributed by atoms with Gasteiger partial charge in [-0.1, -0.05) is 123 Å². The van der Waals surface area contributed by atoms with Gasteiger partial charge in [0.05, 0.1) is 39.6 Å². The number of carbonyl (C=O) groups is 6. The number of carboxylic acids is 2. The van der Waals surface area contributed by atoms with Crippen molar-refractivity contribution in [3.05, 3.63) is 29.8 Å². The summed E-state index contributed by atoms with van der Waals surface area (Å²) in [7, 11) is 1.84. The van der Waals surface area contributed by atoms with Gasteiger partial charge in [0.1, 0.15) is 31.3 Å². The number of likely N-dealkylation sites (N-methyl/N-ethyl adjacent to an activating group) is 1. The molecule has 1 rings (SSSR count). The van der Waals surface area contributed by atoms with E-state index in [4.69, 9.17) is 24.1 Å². The maximum atomic E-state index is 12.2. The number of nitrogens with two attached hydrogens (primary N) is 1. The molecule has 1 aromatic carbocycles. The van der Waals surface area contributed by atoms with Crippen molar-refractivity contribution in [3.8, 4) is 5.75 Å². The van der Waals surface area contributed by atoms with Gasteiger partial charge in [-0.05, 0) is 56.7 Å². The summed E-state index contributed by atoms with van der Waals surface area (Å²) >= 11 is 6.56. The van der Waals surface area contributed by atoms with Crippen LogP contribution in [0.5, 0.6) is 5.75 Å². The van der Waals surface area contributed by atoms with E-state index in [2.05, 4.69) is 51.8 Å². The topological polar surface area (TPSA) is 291 Å². The number of rotatable bonds is 42. The zero-order valence-corrected chi connectivity index (χ0v) is 49.8. The van der Waals surface area contributed by atoms with Gasteiger partial charge in [-0.2, -0.15) is 12.6 Å². The summed E-state index contributed by atoms with van der Waals surface area (Å²) in [5, 5.41) is 42.0. The molecule has 9 N–H and O–H groups in total. The van der Waals surface area contributed by atoms with Crippen LogP contribution in [0.3, 0.4) is 0 Å². The van der Waals surface area contributed by atoms with Gasteiger partial charge in [-0.25, -0.2) is 11.1 Å². The van der Waals surface area contributed by atoms with Crippen molar-refractivity contribution in [2.24, 2.45) is 5.14 Å². The molecule has 416 valence electrons. The molecule has 0 bridgehead atoms. The minimum absolute atomic E-state index is 0. The fourth-order valence-corrected chi connectivity index (χ4v) is 5.97. The average Bonchev–Trinajstić information content (AvgIpc) is 3.38. The number of hydrogen-bond donors (Lipinski definition) is 10. The Bertz CT molecular complexity index is 1380. The van der Waals surface area contributed by atoms with Crippen LogP contribution in [0.25, 0.3) is 0 Å². The number of ether oxygens (including phenoxy) is 4. The SMILES string of the molecule is CC.CC.CNCCOCCOCC(=O)NC([C-]=O)Cc1ccc(O)cc1.CS.NS.O=CCOCCOCCNC(=O)CC[C@H](NC(=O)CCCCCCCCCCCCCCCCC(=O)O)C(=O)O.[K+]. The Kier molecular flexibility index (Phi) is 77.6. The Hall–Kier alpha value is -2.19. The average molecular weight is 1090 g/mol. The maximum absolute atomic E-state index is 12.2. The molecule has 1 unspecified atom stereocenters. The Morgan fingerprint density at radius 3 is 1.56 bits per heavy atom. The summed E-state index contributed by atoms with van der Waals surface area (Å²) in [4.78, 5) is 78.7. The van der Waals surface area contributed by atoms with Gasteiger partial charge < -0.3 is 65.1 Å². The number of aromatic hydroxyl groups is 1. The number of aliphatic carboxylic acids is 2. The van der Waals surface area contributed by atoms with Gasteiger partial charge in [0.2, 0.25) is 17.7 Å². The molecule has 19 nitrogen and oxygen atoms in total. The second-order valence-electron chi connectivity index (χ2n) is 14.9. The van der Waals surface area contributed by atoms with Crippen molar-refractivity contribution >= 4 is 67.7 Å². The number of amides is 3. The molecule has 3 amide bonds. The Morgan fingerprint density at radius 2 is 1.10 bits per heavy atom. The molecular weight excluding hydrogens is 998 g/mol. The summed E-state index contributed by atoms with van der Waals surface area (Å²) in [5.41, 5.74) is 0.815. The van der Waals surface area contributed by atoms with Crippen LogP contribution in [0.4, 0.5) is 0 Å². The third kappa shape index (κ3) is 63.9. The second kappa shape index (κ2) is 68.8. The number of thiol groups is 2. The van der Waals surface area contributed by atoms with E-state index in [0.29, 0.717) is 45.6 Å². The molecule has 0 heterocycles. The van der Waals surface area contributed by atoms with Gasteiger partial charge >= 0.3 is 63.3 Å². The summed E-state index contributed by atoms with van der Waals surface area (Å²) in [6, 6.07) is 4.58. The number of unbranched alkanes of at least 4 members (excludes halogenated alkanes) is 13. The smallest absolute Gasteiger partial charge is 0.540 e. The van der Waals surface area contributed by atoms with Gasteiger partial charge in [-0.3, -0.25) is 24.3 Å². The predicted molar refractivity (Wildman–Crippen MR) is 287 cm³/mol. The molecule has 72 heavy (non-hydrogen) atoms. The van der Waals surface area contributed by atoms with E-state index in [-0.39, 0.29) is 134 Å². The van der Waals surface area contributed by atoms with Crippen LogP contribution in [0, 0.1) is 0 Å². The molecular formula is C50H94KN5O14S2. The molecule has 0 spiro atoms. The Labute approximate surface area is 485 Å². The summed E-state index contributed by atoms with van der Waals surface area (Å²) in [5.74, 6) is -2.72. The van der Waals surface area contributed by atoms with Gasteiger partial charge in [0.25, 0.3) is 0 Å². The first-order valence-corrected chi connectivity index (χ1v) is 26.5. The van der Waals surface area contributed by atoms with E-state index >= 15 is 0 Å². The standard InChI is InChI=1S/C29H52N2O9.C16H23N2O5.2C2H6.CH4S.K.H3NS/c32-20-22-40-24-23-39-21-19-30-26(33)18-17-25(29(37)38)31-27(34)15-13-11-9-7-5-3-1-2-4-6-8-10-12-14-16-28(35)36;1-17-6-7-22-8-9-23-12-16(21)18-14(11-19)10-13-2-4-15(20)5-3-13;3*1-2;;1-2/h20,25H,1-19,21-24H2,(H,30,33)(H,31,34)(H,35,36)(H,37,38);2-5,14,17,20H,6-10,12H2,1H3,(H,18,21);2*1-2H3;2H,1H3;;2H,1H2/q;-1;;;;+1;/t25-;;;;;;/m0....../s1. The van der Waals surface area contributed by atoms with Crippen molar-refractivity contribution < 1.29 is 119 Å². The van der Waals surface area contributed by atoms with E-state index in [9.17, 15) is 43.8 Å². The number of hydrogen-bond acceptors (Lipinski definition) is 16. The van der Waals surface area contributed by atoms with Crippen LogP contribution in [0.15, 0.2) is 24.3 Å². The van der Waals surface area contributed by atoms with Gasteiger partial charge in [0, 0.05) is 32.4 Å². The minimum Gasteiger partial charge on any atom is -0.540 e. The third-order valence-corrected chi connectivity index (χ3v) is 9.42. The molecule has 22 heteroatoms. The van der Waals surface area contributed by atoms with E-state index in [0.717, 1.165) is 50.6 Å². The number of phenolic OH excluding ortho intramolecular Hbond substituents is 1. The first-order chi connectivity index (χ1) is 34.5. The zero-order valence-electron chi connectivity index (χ0n) is 44.9. The van der Waals surface area contributed by atoms with Crippen molar-refractivity contribution in [2.45, 2.75) is 162 Å². The monoisotopic (exact) mass is 1090 g/mol. The number of aldehydes is 1. The van der Waals surface area contributed by atoms with Crippen molar-refractivity contribution in [1.82, 2.24) is 21.3 Å². The Morgan fingerprint density at radius 1 is 0.639 bits per heavy atom. The van der Waals surface area contributed by atoms with Crippen LogP contribution >= 0.6 is 25.4 Å². The fourth-order valence-electron chi connectivity index (χ4n) is 5.97. The maximum Gasteiger partial charge on any atom is 1.00 e. The summed E-state index contributed by atoms with van der Waals surface area (Å²) in [6.45, 7) is 11.1. The van der Waals surface area contributed by atoms with Crippen molar-refractivity contribution in [2.75, 3.05) is 79.2 Å². The first-order valence-electron chi connectivity index (χ1n) is 25.1. The fraction of sp³-hybridized carbons (Fsp3) is 0.740. The molecule has 0 aromatic heterocycles. The molecule has 0 radical (unpaired) electrons. The predicted octanol–water partition coefficient (Wildman–Crippen LogP) is 3.18. The van der Waals surface area contributed by atoms with E-state index in [1.807, 2.05) is 34.7 Å². The number of carboxylic acid groups (broad SMARTS) is 2. The van der Waals surface area contributed by atoms with Crippen LogP contribution in [0.2, 0.25) is 0 Å². The van der Waals surface area contributed by atoms with E-state index < -0.39 is 24.0 Å². The van der Waals surface area contributed by atoms with Gasteiger partial charge in [0.15, 0.2) is 0 Å². The Balaban J connectivity index is -0.000000288. The zero-order chi connectivity index (χ0) is 54.6. The number of benzene rings is 1. The second-order valence-corrected chi connectivity index (χ2v) is 14.9. The molecule has 0 fully saturated rings. The van der Waals surface area contributed by atoms with Crippen LogP contribution in [-0.4, -0.2) is 149 Å². The third-order valence-electron chi connectivity index (χ3n) is 9.42. The molecule has 0 saturated heterocycles. The number of carbonyl (C=O) groups excluding carboxylic acids is 5. The summed E-state index contributed by atoms with van der Waals surface area (Å²) in [6.07, 6.45) is 20.3. The molecule has 2 atom stereocenters. The first kappa shape index (κ1) is 81.2. The van der Waals surface area contributed by atoms with Crippen molar-refractivity contribution in [3.63, 3.8) is 0 Å². The van der Waals surface area contributed by atoms with Crippen LogP contribution in [0.1, 0.15) is 149 Å². The van der Waals surface area contributed by atoms with E-state index in [1.165, 1.54) is 57.1 Å². The normalized spacial score (nSPS) is 10.6. The van der Waals surface area contributed by atoms with Gasteiger partial charge in [-0.15, -0.1) is 12.8 Å². The largest absolute Gasteiger partial charge is 1.00 e. The molecule has 0 aliphatic carbocycles.